The fourth-order valence-electron chi connectivity index (χ4n) is 3.33. The molecule has 1 atom stereocenters. The van der Waals surface area contributed by atoms with E-state index in [1.54, 1.807) is 6.08 Å². The van der Waals surface area contributed by atoms with Gasteiger partial charge in [-0.25, -0.2) is 13.8 Å². The van der Waals surface area contributed by atoms with E-state index in [2.05, 4.69) is 21.7 Å². The van der Waals surface area contributed by atoms with Crippen molar-refractivity contribution in [3.8, 4) is 0 Å². The van der Waals surface area contributed by atoms with Crippen molar-refractivity contribution in [1.29, 1.82) is 0 Å². The Morgan fingerprint density at radius 3 is 3.08 bits per heavy atom. The van der Waals surface area contributed by atoms with Crippen LogP contribution in [0.3, 0.4) is 0 Å². The molecule has 26 heavy (non-hydrogen) atoms. The number of rotatable bonds is 6. The molecule has 3 rings (SSSR count). The van der Waals surface area contributed by atoms with Crippen molar-refractivity contribution >= 4 is 11.7 Å². The van der Waals surface area contributed by atoms with Crippen LogP contribution >= 0.6 is 0 Å². The Morgan fingerprint density at radius 2 is 2.27 bits per heavy atom. The van der Waals surface area contributed by atoms with Crippen LogP contribution in [0.15, 0.2) is 35.9 Å². The second-order valence-corrected chi connectivity index (χ2v) is 7.05. The molecule has 1 aliphatic heterocycles. The van der Waals surface area contributed by atoms with Gasteiger partial charge < -0.3 is 10.6 Å². The van der Waals surface area contributed by atoms with E-state index in [9.17, 15) is 13.6 Å². The summed E-state index contributed by atoms with van der Waals surface area (Å²) in [5.74, 6) is -2.20. The number of carbonyl (C=O) groups excluding carboxylic acids is 1. The van der Waals surface area contributed by atoms with Gasteiger partial charge in [0.1, 0.15) is 5.82 Å². The molecule has 1 aliphatic carbocycles. The maximum absolute atomic E-state index is 13.4. The highest BCUT2D eigenvalue weighted by Crippen LogP contribution is 2.30. The van der Waals surface area contributed by atoms with E-state index in [0.29, 0.717) is 19.4 Å². The number of carbonyl (C=O) groups is 1. The first-order valence-corrected chi connectivity index (χ1v) is 9.18. The lowest BCUT2D eigenvalue weighted by Crippen LogP contribution is -2.28. The lowest BCUT2D eigenvalue weighted by atomic mass is 9.91. The van der Waals surface area contributed by atoms with E-state index in [1.165, 1.54) is 17.7 Å². The molecule has 4 nitrogen and oxygen atoms in total. The molecule has 0 radical (unpaired) electrons. The third-order valence-corrected chi connectivity index (χ3v) is 4.76. The number of anilines is 1. The molecule has 2 aliphatic rings. The zero-order valence-corrected chi connectivity index (χ0v) is 15.0. The molecule has 0 saturated carbocycles. The van der Waals surface area contributed by atoms with Gasteiger partial charge in [-0.05, 0) is 36.8 Å². The minimum absolute atomic E-state index is 0.00712. The van der Waals surface area contributed by atoms with Crippen LogP contribution in [0.4, 0.5) is 14.6 Å². The summed E-state index contributed by atoms with van der Waals surface area (Å²) in [6, 6.07) is 4.10. The van der Waals surface area contributed by atoms with Gasteiger partial charge in [0.15, 0.2) is 0 Å². The van der Waals surface area contributed by atoms with Gasteiger partial charge in [-0.15, -0.1) is 0 Å². The van der Waals surface area contributed by atoms with Crippen LogP contribution in [0, 0.1) is 5.92 Å². The average Bonchev–Trinajstić information content (AvgIpc) is 2.61. The van der Waals surface area contributed by atoms with E-state index in [1.807, 2.05) is 6.07 Å². The highest BCUT2D eigenvalue weighted by atomic mass is 19.3. The summed E-state index contributed by atoms with van der Waals surface area (Å²) >= 11 is 0. The molecule has 0 aromatic carbocycles. The Balaban J connectivity index is 1.46. The minimum atomic E-state index is -2.86. The molecule has 1 aromatic rings. The van der Waals surface area contributed by atoms with E-state index in [4.69, 9.17) is 0 Å². The van der Waals surface area contributed by atoms with Crippen molar-refractivity contribution < 1.29 is 13.6 Å². The molecule has 1 aromatic heterocycles. The van der Waals surface area contributed by atoms with Crippen LogP contribution in [-0.4, -0.2) is 29.9 Å². The molecule has 1 amide bonds. The SMILES string of the molecule is CC(F)(F)C1=CC(CC(=O)NCCc2ccc3c(n2)NCCC3)CC=C1. The summed E-state index contributed by atoms with van der Waals surface area (Å²) in [5.41, 5.74) is 2.17. The average molecular weight is 361 g/mol. The van der Waals surface area contributed by atoms with Crippen molar-refractivity contribution in [2.75, 3.05) is 18.4 Å². The van der Waals surface area contributed by atoms with Crippen molar-refractivity contribution in [3.63, 3.8) is 0 Å². The van der Waals surface area contributed by atoms with Gasteiger partial charge in [-0.1, -0.05) is 24.3 Å². The fraction of sp³-hybridized carbons (Fsp3) is 0.500. The summed E-state index contributed by atoms with van der Waals surface area (Å²) in [6.45, 7) is 2.32. The number of pyridine rings is 1. The van der Waals surface area contributed by atoms with Crippen LogP contribution in [0.5, 0.6) is 0 Å². The van der Waals surface area contributed by atoms with E-state index < -0.39 is 5.92 Å². The molecule has 2 heterocycles. The van der Waals surface area contributed by atoms with Crippen LogP contribution in [0.2, 0.25) is 0 Å². The van der Waals surface area contributed by atoms with Gasteiger partial charge in [0.2, 0.25) is 5.91 Å². The van der Waals surface area contributed by atoms with Crippen molar-refractivity contribution in [2.45, 2.75) is 45.0 Å². The third-order valence-electron chi connectivity index (χ3n) is 4.76. The van der Waals surface area contributed by atoms with Crippen molar-refractivity contribution in [2.24, 2.45) is 5.92 Å². The van der Waals surface area contributed by atoms with Crippen LogP contribution in [0.25, 0.3) is 0 Å². The monoisotopic (exact) mass is 361 g/mol. The Labute approximate surface area is 152 Å². The molecule has 0 fully saturated rings. The molecule has 6 heteroatoms. The number of nitrogens with one attached hydrogen (secondary N) is 2. The number of aromatic nitrogens is 1. The fourth-order valence-corrected chi connectivity index (χ4v) is 3.33. The van der Waals surface area contributed by atoms with Gasteiger partial charge in [0, 0.05) is 44.1 Å². The predicted molar refractivity (Wildman–Crippen MR) is 98.3 cm³/mol. The van der Waals surface area contributed by atoms with Gasteiger partial charge in [-0.2, -0.15) is 0 Å². The van der Waals surface area contributed by atoms with Crippen LogP contribution < -0.4 is 10.6 Å². The first kappa shape index (κ1) is 18.5. The normalized spacial score (nSPS) is 19.3. The Kier molecular flexibility index (Phi) is 5.69. The second-order valence-electron chi connectivity index (χ2n) is 7.05. The number of fused-ring (bicyclic) bond motifs is 1. The smallest absolute Gasteiger partial charge is 0.270 e. The summed E-state index contributed by atoms with van der Waals surface area (Å²) in [7, 11) is 0. The number of nitrogens with zero attached hydrogens (tertiary/aromatic N) is 1. The first-order valence-electron chi connectivity index (χ1n) is 9.18. The first-order chi connectivity index (χ1) is 12.4. The summed E-state index contributed by atoms with van der Waals surface area (Å²) in [5, 5.41) is 6.17. The number of hydrogen-bond donors (Lipinski definition) is 2. The zero-order valence-electron chi connectivity index (χ0n) is 15.0. The third kappa shape index (κ3) is 4.90. The molecule has 0 spiro atoms. The lowest BCUT2D eigenvalue weighted by Gasteiger charge is -2.20. The Hall–Kier alpha value is -2.24. The molecule has 0 saturated heterocycles. The number of halogens is 2. The summed E-state index contributed by atoms with van der Waals surface area (Å²) in [4.78, 5) is 16.7. The number of hydrogen-bond acceptors (Lipinski definition) is 3. The van der Waals surface area contributed by atoms with Gasteiger partial charge in [0.25, 0.3) is 5.92 Å². The Bertz CT molecular complexity index is 722. The van der Waals surface area contributed by atoms with Crippen LogP contribution in [-0.2, 0) is 17.6 Å². The van der Waals surface area contributed by atoms with E-state index >= 15 is 0 Å². The lowest BCUT2D eigenvalue weighted by molar-refractivity contribution is -0.121. The summed E-state index contributed by atoms with van der Waals surface area (Å²) < 4.78 is 26.8. The molecule has 2 N–H and O–H groups in total. The van der Waals surface area contributed by atoms with E-state index in [-0.39, 0.29) is 23.8 Å². The maximum atomic E-state index is 13.4. The molecular weight excluding hydrogens is 336 g/mol. The highest BCUT2D eigenvalue weighted by molar-refractivity contribution is 5.76. The number of allylic oxidation sites excluding steroid dienone is 4. The van der Waals surface area contributed by atoms with Crippen LogP contribution in [0.1, 0.15) is 37.4 Å². The van der Waals surface area contributed by atoms with Gasteiger partial charge in [0.05, 0.1) is 0 Å². The van der Waals surface area contributed by atoms with Crippen molar-refractivity contribution in [3.05, 3.63) is 47.2 Å². The molecular formula is C20H25F2N3O. The predicted octanol–water partition coefficient (Wildman–Crippen LogP) is 3.65. The topological polar surface area (TPSA) is 54.0 Å². The molecule has 0 bridgehead atoms. The number of amides is 1. The second kappa shape index (κ2) is 7.98. The van der Waals surface area contributed by atoms with Gasteiger partial charge in [-0.3, -0.25) is 4.79 Å². The molecule has 140 valence electrons. The largest absolute Gasteiger partial charge is 0.370 e. The number of alkyl halides is 2. The quantitative estimate of drug-likeness (QED) is 0.813. The number of aryl methyl sites for hydroxylation is 1. The Morgan fingerprint density at radius 1 is 1.42 bits per heavy atom. The van der Waals surface area contributed by atoms with Crippen molar-refractivity contribution in [1.82, 2.24) is 10.3 Å². The van der Waals surface area contributed by atoms with E-state index in [0.717, 1.165) is 37.8 Å². The zero-order chi connectivity index (χ0) is 18.6. The maximum Gasteiger partial charge on any atom is 0.270 e. The highest BCUT2D eigenvalue weighted by Gasteiger charge is 2.28. The standard InChI is InChI=1S/C20H25F2N3O/c1-20(21,22)16-6-2-4-14(12-16)13-18(26)23-11-9-17-8-7-15-5-3-10-24-19(15)25-17/h2,6-8,12,14H,3-5,9-11,13H2,1H3,(H,23,26)(H,24,25). The molecule has 1 unspecified atom stereocenters. The minimum Gasteiger partial charge on any atom is -0.370 e. The summed E-state index contributed by atoms with van der Waals surface area (Å²) in [6.07, 6.45) is 8.36. The van der Waals surface area contributed by atoms with Gasteiger partial charge >= 0.3 is 0 Å².